The molecule has 0 radical (unpaired) electrons. The fourth-order valence-electron chi connectivity index (χ4n) is 4.20. The molecule has 24 heavy (non-hydrogen) atoms. The van der Waals surface area contributed by atoms with Gasteiger partial charge in [-0.25, -0.2) is 4.79 Å². The Labute approximate surface area is 142 Å². The Morgan fingerprint density at radius 3 is 2.62 bits per heavy atom. The van der Waals surface area contributed by atoms with Crippen LogP contribution in [0.3, 0.4) is 0 Å². The third-order valence-corrected chi connectivity index (χ3v) is 5.36. The zero-order chi connectivity index (χ0) is 17.0. The average molecular weight is 331 g/mol. The highest BCUT2D eigenvalue weighted by atomic mass is 16.5. The summed E-state index contributed by atoms with van der Waals surface area (Å²) in [7, 11) is 0. The lowest BCUT2D eigenvalue weighted by molar-refractivity contribution is -0.156. The van der Waals surface area contributed by atoms with Gasteiger partial charge in [0.05, 0.1) is 12.0 Å². The highest BCUT2D eigenvalue weighted by Crippen LogP contribution is 2.54. The quantitative estimate of drug-likeness (QED) is 0.838. The predicted octanol–water partition coefficient (Wildman–Crippen LogP) is 3.57. The number of rotatable bonds is 5. The van der Waals surface area contributed by atoms with Crippen molar-refractivity contribution in [3.63, 3.8) is 0 Å². The second kappa shape index (κ2) is 6.83. The molecule has 0 unspecified atom stereocenters. The number of hydrogen-bond acceptors (Lipinski definition) is 4. The summed E-state index contributed by atoms with van der Waals surface area (Å²) in [6, 6.07) is 9.61. The van der Waals surface area contributed by atoms with Crippen LogP contribution in [0.25, 0.3) is 0 Å². The highest BCUT2D eigenvalue weighted by molar-refractivity contribution is 5.78. The molecule has 2 saturated carbocycles. The molecule has 2 fully saturated rings. The van der Waals surface area contributed by atoms with E-state index in [4.69, 9.17) is 9.47 Å². The van der Waals surface area contributed by atoms with E-state index in [0.717, 1.165) is 37.7 Å². The smallest absolute Gasteiger partial charge is 0.407 e. The summed E-state index contributed by atoms with van der Waals surface area (Å²) in [4.78, 5) is 24.6. The first kappa shape index (κ1) is 16.8. The first-order valence-corrected chi connectivity index (χ1v) is 8.74. The van der Waals surface area contributed by atoms with Crippen molar-refractivity contribution in [1.82, 2.24) is 5.32 Å². The van der Waals surface area contributed by atoms with Crippen LogP contribution < -0.4 is 5.32 Å². The second-order valence-corrected chi connectivity index (χ2v) is 7.00. The van der Waals surface area contributed by atoms with Gasteiger partial charge < -0.3 is 14.8 Å². The highest BCUT2D eigenvalue weighted by Gasteiger charge is 2.56. The molecule has 0 heterocycles. The van der Waals surface area contributed by atoms with E-state index >= 15 is 0 Å². The third kappa shape index (κ3) is 3.40. The molecule has 2 bridgehead atoms. The lowest BCUT2D eigenvalue weighted by atomic mass is 9.73. The predicted molar refractivity (Wildman–Crippen MR) is 89.3 cm³/mol. The molecule has 1 N–H and O–H groups in total. The Hall–Kier alpha value is -2.04. The normalized spacial score (nSPS) is 28.2. The van der Waals surface area contributed by atoms with Crippen molar-refractivity contribution in [2.45, 2.75) is 57.6 Å². The zero-order valence-corrected chi connectivity index (χ0v) is 14.2. The fourth-order valence-corrected chi connectivity index (χ4v) is 4.20. The maximum Gasteiger partial charge on any atom is 0.407 e. The van der Waals surface area contributed by atoms with Crippen molar-refractivity contribution in [3.8, 4) is 0 Å². The van der Waals surface area contributed by atoms with Gasteiger partial charge in [-0.05, 0) is 51.0 Å². The van der Waals surface area contributed by atoms with Crippen LogP contribution in [0, 0.1) is 5.41 Å². The largest absolute Gasteiger partial charge is 0.466 e. The monoisotopic (exact) mass is 331 g/mol. The number of fused-ring (bicyclic) bond motifs is 2. The van der Waals surface area contributed by atoms with E-state index in [-0.39, 0.29) is 18.1 Å². The van der Waals surface area contributed by atoms with Crippen molar-refractivity contribution >= 4 is 12.1 Å². The topological polar surface area (TPSA) is 64.6 Å². The summed E-state index contributed by atoms with van der Waals surface area (Å²) >= 11 is 0. The number of carbonyl (C=O) groups is 2. The molecule has 2 atom stereocenters. The lowest BCUT2D eigenvalue weighted by Crippen LogP contribution is -2.50. The van der Waals surface area contributed by atoms with E-state index in [0.29, 0.717) is 13.0 Å². The molecule has 1 aromatic rings. The van der Waals surface area contributed by atoms with Gasteiger partial charge in [0, 0.05) is 5.54 Å². The van der Waals surface area contributed by atoms with Crippen LogP contribution in [-0.2, 0) is 20.9 Å². The molecule has 1 aromatic carbocycles. The molecule has 2 aliphatic rings. The summed E-state index contributed by atoms with van der Waals surface area (Å²) in [6.07, 6.45) is 4.54. The van der Waals surface area contributed by atoms with Crippen LogP contribution >= 0.6 is 0 Å². The Morgan fingerprint density at radius 1 is 1.08 bits per heavy atom. The zero-order valence-electron chi connectivity index (χ0n) is 14.2. The SMILES string of the molecule is CCOC(=O)[C@@]12CCC[C@@](NC(=O)OCc3ccccc3)(CC1)C2. The van der Waals surface area contributed by atoms with Crippen LogP contribution in [0.1, 0.15) is 51.0 Å². The first-order chi connectivity index (χ1) is 11.6. The Bertz CT molecular complexity index is 603. The summed E-state index contributed by atoms with van der Waals surface area (Å²) < 4.78 is 10.6. The van der Waals surface area contributed by atoms with Crippen molar-refractivity contribution in [1.29, 1.82) is 0 Å². The van der Waals surface area contributed by atoms with E-state index in [9.17, 15) is 9.59 Å². The molecule has 0 aromatic heterocycles. The van der Waals surface area contributed by atoms with Gasteiger partial charge in [-0.3, -0.25) is 4.79 Å². The maximum atomic E-state index is 12.4. The minimum Gasteiger partial charge on any atom is -0.466 e. The van der Waals surface area contributed by atoms with Gasteiger partial charge >= 0.3 is 12.1 Å². The molecule has 0 spiro atoms. The van der Waals surface area contributed by atoms with Crippen LogP contribution in [0.5, 0.6) is 0 Å². The van der Waals surface area contributed by atoms with Crippen LogP contribution in [-0.4, -0.2) is 24.2 Å². The van der Waals surface area contributed by atoms with Crippen molar-refractivity contribution in [2.24, 2.45) is 5.41 Å². The minimum absolute atomic E-state index is 0.106. The van der Waals surface area contributed by atoms with Crippen LogP contribution in [0.15, 0.2) is 30.3 Å². The van der Waals surface area contributed by atoms with Gasteiger partial charge in [-0.1, -0.05) is 30.3 Å². The molecular weight excluding hydrogens is 306 g/mol. The van der Waals surface area contributed by atoms with Gasteiger partial charge in [0.15, 0.2) is 0 Å². The van der Waals surface area contributed by atoms with E-state index in [1.807, 2.05) is 37.3 Å². The average Bonchev–Trinajstić information content (AvgIpc) is 2.85. The van der Waals surface area contributed by atoms with E-state index in [2.05, 4.69) is 5.32 Å². The number of alkyl carbamates (subject to hydrolysis) is 1. The number of esters is 1. The van der Waals surface area contributed by atoms with Gasteiger partial charge in [0.2, 0.25) is 0 Å². The van der Waals surface area contributed by atoms with Crippen molar-refractivity contribution in [2.75, 3.05) is 6.61 Å². The molecule has 0 aliphatic heterocycles. The third-order valence-electron chi connectivity index (χ3n) is 5.36. The number of carbonyl (C=O) groups excluding carboxylic acids is 2. The van der Waals surface area contributed by atoms with Crippen LogP contribution in [0.2, 0.25) is 0 Å². The molecule has 2 aliphatic carbocycles. The maximum absolute atomic E-state index is 12.4. The van der Waals surface area contributed by atoms with Gasteiger partial charge in [0.25, 0.3) is 0 Å². The summed E-state index contributed by atoms with van der Waals surface area (Å²) in [5, 5.41) is 3.05. The summed E-state index contributed by atoms with van der Waals surface area (Å²) in [5.74, 6) is -0.106. The number of amides is 1. The molecule has 130 valence electrons. The molecule has 1 amide bonds. The molecule has 0 saturated heterocycles. The standard InChI is InChI=1S/C19H25NO4/c1-2-23-16(21)18-9-6-10-19(14-18,12-11-18)20-17(22)24-13-15-7-4-3-5-8-15/h3-5,7-8H,2,6,9-14H2,1H3,(H,20,22)/t18-,19+/m0/s1. The Kier molecular flexibility index (Phi) is 4.78. The summed E-state index contributed by atoms with van der Waals surface area (Å²) in [5.41, 5.74) is 0.223. The lowest BCUT2D eigenvalue weighted by Gasteiger charge is -2.38. The minimum atomic E-state index is -0.416. The van der Waals surface area contributed by atoms with Gasteiger partial charge in [-0.15, -0.1) is 0 Å². The fraction of sp³-hybridized carbons (Fsp3) is 0.579. The first-order valence-electron chi connectivity index (χ1n) is 8.74. The van der Waals surface area contributed by atoms with E-state index in [1.54, 1.807) is 0 Å². The molecule has 3 rings (SSSR count). The molecular formula is C19H25NO4. The van der Waals surface area contributed by atoms with Gasteiger partial charge in [0.1, 0.15) is 6.61 Å². The van der Waals surface area contributed by atoms with Crippen LogP contribution in [0.4, 0.5) is 4.79 Å². The number of hydrogen-bond donors (Lipinski definition) is 1. The molecule has 5 heteroatoms. The Balaban J connectivity index is 1.58. The summed E-state index contributed by atoms with van der Waals surface area (Å²) in [6.45, 7) is 2.49. The Morgan fingerprint density at radius 2 is 1.88 bits per heavy atom. The second-order valence-electron chi connectivity index (χ2n) is 7.00. The van der Waals surface area contributed by atoms with Crippen molar-refractivity contribution in [3.05, 3.63) is 35.9 Å². The van der Waals surface area contributed by atoms with E-state index in [1.165, 1.54) is 0 Å². The van der Waals surface area contributed by atoms with Gasteiger partial charge in [-0.2, -0.15) is 0 Å². The van der Waals surface area contributed by atoms with Crippen molar-refractivity contribution < 1.29 is 19.1 Å². The number of ether oxygens (including phenoxy) is 2. The molecule has 5 nitrogen and oxygen atoms in total. The number of nitrogens with one attached hydrogen (secondary N) is 1. The number of benzene rings is 1. The van der Waals surface area contributed by atoms with E-state index < -0.39 is 11.5 Å².